The number of hydrogen-bond acceptors (Lipinski definition) is 11. The van der Waals surface area contributed by atoms with Gasteiger partial charge in [0.15, 0.2) is 0 Å². The summed E-state index contributed by atoms with van der Waals surface area (Å²) in [5, 5.41) is 18.7. The third-order valence-corrected chi connectivity index (χ3v) is 17.0. The van der Waals surface area contributed by atoms with E-state index in [-0.39, 0.29) is 53.1 Å². The van der Waals surface area contributed by atoms with Gasteiger partial charge in [-0.3, -0.25) is 38.3 Å². The van der Waals surface area contributed by atoms with E-state index >= 15 is 4.39 Å². The van der Waals surface area contributed by atoms with Gasteiger partial charge in [-0.05, 0) is 91.8 Å². The first-order chi connectivity index (χ1) is 37.9. The normalized spacial score (nSPS) is 19.7. The minimum absolute atomic E-state index is 0.0255. The molecule has 1 unspecified atom stereocenters. The summed E-state index contributed by atoms with van der Waals surface area (Å²) < 4.78 is 16.9. The molecule has 19 heteroatoms. The number of nitrogens with zero attached hydrogens (tertiary/aromatic N) is 9. The van der Waals surface area contributed by atoms with Crippen LogP contribution in [0.3, 0.4) is 0 Å². The molecular formula is C59H75FN12O6. The number of hydrogen-bond donors (Lipinski definition) is 3. The molecule has 10 rings (SSSR count). The van der Waals surface area contributed by atoms with E-state index in [1.807, 2.05) is 53.4 Å². The number of likely N-dealkylation sites (tertiary alicyclic amines) is 2. The summed E-state index contributed by atoms with van der Waals surface area (Å²) in [5.74, 6) is -0.458. The molecule has 5 aromatic rings. The number of benzene rings is 3. The summed E-state index contributed by atoms with van der Waals surface area (Å²) in [6.45, 7) is 9.35. The molecule has 5 aliphatic rings. The lowest BCUT2D eigenvalue weighted by Gasteiger charge is -2.41. The van der Waals surface area contributed by atoms with Crippen molar-refractivity contribution in [1.82, 2.24) is 60.0 Å². The molecule has 4 aliphatic heterocycles. The number of aromatic nitrogens is 4. The van der Waals surface area contributed by atoms with Crippen LogP contribution in [0.2, 0.25) is 0 Å². The van der Waals surface area contributed by atoms with Gasteiger partial charge >= 0.3 is 0 Å². The molecule has 414 valence electrons. The van der Waals surface area contributed by atoms with Crippen molar-refractivity contribution < 1.29 is 28.4 Å². The van der Waals surface area contributed by atoms with E-state index in [1.165, 1.54) is 6.07 Å². The van der Waals surface area contributed by atoms with Crippen molar-refractivity contribution in [1.29, 1.82) is 0 Å². The van der Waals surface area contributed by atoms with Crippen LogP contribution in [0.25, 0.3) is 10.8 Å². The molecule has 1 aliphatic carbocycles. The summed E-state index contributed by atoms with van der Waals surface area (Å²) >= 11 is 0. The number of aromatic amines is 1. The van der Waals surface area contributed by atoms with E-state index in [1.54, 1.807) is 44.9 Å². The van der Waals surface area contributed by atoms with Crippen molar-refractivity contribution in [2.75, 3.05) is 98.2 Å². The zero-order chi connectivity index (χ0) is 54.1. The molecule has 5 amide bonds. The number of piperidine rings is 2. The number of amides is 5. The van der Waals surface area contributed by atoms with Crippen LogP contribution in [0.5, 0.6) is 0 Å². The molecule has 1 saturated carbocycles. The van der Waals surface area contributed by atoms with Gasteiger partial charge in [0.25, 0.3) is 17.4 Å². The fraction of sp³-hybridized carbons (Fsp3) is 0.525. The highest BCUT2D eigenvalue weighted by Gasteiger charge is 2.37. The summed E-state index contributed by atoms with van der Waals surface area (Å²) in [5.41, 5.74) is 3.62. The molecule has 18 nitrogen and oxygen atoms in total. The molecule has 4 saturated heterocycles. The zero-order valence-corrected chi connectivity index (χ0v) is 45.1. The molecule has 2 aromatic heterocycles. The van der Waals surface area contributed by atoms with Crippen LogP contribution >= 0.6 is 0 Å². The largest absolute Gasteiger partial charge is 0.341 e. The molecule has 0 radical (unpaired) electrons. The molecule has 0 bridgehead atoms. The minimum Gasteiger partial charge on any atom is -0.341 e. The average molecular weight is 1070 g/mol. The lowest BCUT2D eigenvalue weighted by atomic mass is 9.82. The molecule has 3 N–H and O–H groups in total. The summed E-state index contributed by atoms with van der Waals surface area (Å²) in [6, 6.07) is 18.8. The van der Waals surface area contributed by atoms with Crippen molar-refractivity contribution in [2.45, 2.75) is 82.7 Å². The number of nitrogens with one attached hydrogen (secondary N) is 3. The smallest absolute Gasteiger partial charge is 0.272 e. The second kappa shape index (κ2) is 25.3. The fourth-order valence-electron chi connectivity index (χ4n) is 12.5. The van der Waals surface area contributed by atoms with Crippen molar-refractivity contribution in [3.05, 3.63) is 129 Å². The minimum atomic E-state index is -0.608. The van der Waals surface area contributed by atoms with Gasteiger partial charge in [-0.2, -0.15) is 10.2 Å². The van der Waals surface area contributed by atoms with Gasteiger partial charge in [0.2, 0.25) is 17.7 Å². The number of H-pyrrole nitrogens is 1. The molecule has 5 fully saturated rings. The Morgan fingerprint density at radius 3 is 2.22 bits per heavy atom. The Balaban J connectivity index is 0.651. The van der Waals surface area contributed by atoms with Crippen LogP contribution in [0.4, 0.5) is 4.39 Å². The fourth-order valence-corrected chi connectivity index (χ4v) is 12.5. The second-order valence-corrected chi connectivity index (χ2v) is 22.3. The van der Waals surface area contributed by atoms with Crippen LogP contribution in [0.15, 0.2) is 83.9 Å². The van der Waals surface area contributed by atoms with Gasteiger partial charge < -0.3 is 35.1 Å². The maximum Gasteiger partial charge on any atom is 0.272 e. The van der Waals surface area contributed by atoms with Crippen LogP contribution in [-0.2, 0) is 34.4 Å². The third kappa shape index (κ3) is 13.4. The Bertz CT molecular complexity index is 2990. The standard InChI is InChI=1S/C59H75FN12O6/c1-66-37-43(35-62-66)34-61-36-53(73)72-20-8-13-47(39-72)45-11-7-12-46(33-45)56(75)63-55(44-9-3-2-4-10-44)59(78)70-21-18-41(19-22-70)38-67-23-25-68(26-24-67)40-54(74)69-27-29-71(30-28-69)58(77)50-31-42(16-17-51(50)60)32-52-48-14-5-6-15-49(48)57(76)65-64-52/h5-7,11-12,14-17,31,33,35,37,41,44,47,55,61H,2-4,8-10,13,18-30,32,34,36,38-40H2,1H3,(H,63,75)(H,65,76)/t47?,55-/m1/s1. The van der Waals surface area contributed by atoms with Crippen LogP contribution < -0.4 is 16.2 Å². The van der Waals surface area contributed by atoms with E-state index in [0.29, 0.717) is 105 Å². The van der Waals surface area contributed by atoms with Crippen molar-refractivity contribution in [2.24, 2.45) is 18.9 Å². The van der Waals surface area contributed by atoms with Crippen molar-refractivity contribution >= 4 is 40.3 Å². The Hall–Kier alpha value is -6.83. The first-order valence-corrected chi connectivity index (χ1v) is 28.3. The Labute approximate surface area is 455 Å². The number of fused-ring (bicyclic) bond motifs is 1. The first-order valence-electron chi connectivity index (χ1n) is 28.3. The zero-order valence-electron chi connectivity index (χ0n) is 45.1. The van der Waals surface area contributed by atoms with Crippen LogP contribution in [0.1, 0.15) is 107 Å². The van der Waals surface area contributed by atoms with Gasteiger partial charge in [0, 0.05) is 134 Å². The van der Waals surface area contributed by atoms with Crippen LogP contribution in [-0.4, -0.2) is 183 Å². The van der Waals surface area contributed by atoms with Gasteiger partial charge in [-0.1, -0.05) is 55.7 Å². The van der Waals surface area contributed by atoms with E-state index in [0.717, 1.165) is 102 Å². The predicted octanol–water partition coefficient (Wildman–Crippen LogP) is 4.40. The quantitative estimate of drug-likeness (QED) is 0.127. The average Bonchev–Trinajstić information content (AvgIpc) is 3.94. The van der Waals surface area contributed by atoms with Crippen molar-refractivity contribution in [3.8, 4) is 0 Å². The number of carbonyl (C=O) groups excluding carboxylic acids is 5. The predicted molar refractivity (Wildman–Crippen MR) is 294 cm³/mol. The number of halogens is 1. The number of carbonyl (C=O) groups is 5. The van der Waals surface area contributed by atoms with E-state index in [2.05, 4.69) is 41.8 Å². The highest BCUT2D eigenvalue weighted by molar-refractivity contribution is 5.98. The molecule has 0 spiro atoms. The lowest BCUT2D eigenvalue weighted by molar-refractivity contribution is -0.137. The van der Waals surface area contributed by atoms with Crippen molar-refractivity contribution in [3.63, 3.8) is 0 Å². The highest BCUT2D eigenvalue weighted by Crippen LogP contribution is 2.31. The van der Waals surface area contributed by atoms with E-state index < -0.39 is 17.8 Å². The van der Waals surface area contributed by atoms with Gasteiger partial charge in [0.1, 0.15) is 11.9 Å². The second-order valence-electron chi connectivity index (χ2n) is 22.3. The van der Waals surface area contributed by atoms with Crippen LogP contribution in [0, 0.1) is 17.7 Å². The molecule has 3 aromatic carbocycles. The highest BCUT2D eigenvalue weighted by atomic mass is 19.1. The van der Waals surface area contributed by atoms with Gasteiger partial charge in [-0.25, -0.2) is 9.49 Å². The molecule has 6 heterocycles. The molecule has 2 atom stereocenters. The van der Waals surface area contributed by atoms with E-state index in [4.69, 9.17) is 0 Å². The summed E-state index contributed by atoms with van der Waals surface area (Å²) in [7, 11) is 1.87. The number of rotatable bonds is 16. The number of aryl methyl sites for hydroxylation is 1. The van der Waals surface area contributed by atoms with E-state index in [9.17, 15) is 28.8 Å². The lowest BCUT2D eigenvalue weighted by Crippen LogP contribution is -2.55. The number of piperazine rings is 2. The SMILES string of the molecule is Cn1cc(CNCC(=O)N2CCCC(c3cccc(C(=O)N[C@@H](C(=O)N4CCC(CN5CCN(CC(=O)N6CCN(C(=O)c7cc(Cc8n[nH]c(=O)c9ccccc89)ccc7F)CC6)CC5)CC4)C4CCCCC4)c3)C2)cn1. The van der Waals surface area contributed by atoms with Gasteiger partial charge in [0.05, 0.1) is 35.9 Å². The maximum atomic E-state index is 15.1. The molecule has 78 heavy (non-hydrogen) atoms. The third-order valence-electron chi connectivity index (χ3n) is 17.0. The Morgan fingerprint density at radius 1 is 0.718 bits per heavy atom. The monoisotopic (exact) mass is 1070 g/mol. The Kier molecular flexibility index (Phi) is 17.7. The topological polar surface area (TPSA) is 192 Å². The maximum absolute atomic E-state index is 15.1. The molecular weight excluding hydrogens is 992 g/mol. The summed E-state index contributed by atoms with van der Waals surface area (Å²) in [4.78, 5) is 93.3. The Morgan fingerprint density at radius 2 is 1.46 bits per heavy atom. The first kappa shape index (κ1) is 54.5. The van der Waals surface area contributed by atoms with Gasteiger partial charge in [-0.15, -0.1) is 0 Å². The summed E-state index contributed by atoms with van der Waals surface area (Å²) in [6.07, 6.45) is 12.8.